The molecule has 1 aromatic carbocycles. The summed E-state index contributed by atoms with van der Waals surface area (Å²) in [5, 5.41) is 13.6. The molecule has 1 aromatic heterocycles. The van der Waals surface area contributed by atoms with Crippen molar-refractivity contribution in [1.82, 2.24) is 9.78 Å². The summed E-state index contributed by atoms with van der Waals surface area (Å²) in [6.07, 6.45) is 0.849. The van der Waals surface area contributed by atoms with Gasteiger partial charge in [-0.25, -0.2) is 4.39 Å². The van der Waals surface area contributed by atoms with E-state index in [1.54, 1.807) is 12.1 Å². The van der Waals surface area contributed by atoms with E-state index < -0.39 is 5.82 Å². The Kier molecular flexibility index (Phi) is 4.74. The van der Waals surface area contributed by atoms with Gasteiger partial charge in [-0.2, -0.15) is 5.10 Å². The van der Waals surface area contributed by atoms with E-state index >= 15 is 0 Å². The van der Waals surface area contributed by atoms with Crippen molar-refractivity contribution in [3.05, 3.63) is 47.0 Å². The molecule has 1 N–H and O–H groups in total. The second kappa shape index (κ2) is 6.52. The number of aromatic nitrogens is 2. The predicted molar refractivity (Wildman–Crippen MR) is 73.9 cm³/mol. The van der Waals surface area contributed by atoms with E-state index in [9.17, 15) is 9.50 Å². The highest BCUT2D eigenvalue weighted by atomic mass is 19.1. The van der Waals surface area contributed by atoms with Crippen LogP contribution in [-0.2, 0) is 26.2 Å². The van der Waals surface area contributed by atoms with Gasteiger partial charge in [0.2, 0.25) is 0 Å². The molecule has 0 bridgehead atoms. The zero-order valence-corrected chi connectivity index (χ0v) is 11.8. The third-order valence-corrected chi connectivity index (χ3v) is 3.16. The SMILES string of the molecule is CCc1cc(COc2c(F)cccc2CO)n(CC)n1. The molecule has 0 aliphatic carbocycles. The van der Waals surface area contributed by atoms with Crippen LogP contribution >= 0.6 is 0 Å². The number of benzene rings is 1. The summed E-state index contributed by atoms with van der Waals surface area (Å²) in [7, 11) is 0. The normalized spacial score (nSPS) is 10.8. The Hall–Kier alpha value is -1.88. The smallest absolute Gasteiger partial charge is 0.165 e. The molecule has 0 atom stereocenters. The lowest BCUT2D eigenvalue weighted by atomic mass is 10.2. The van der Waals surface area contributed by atoms with Crippen molar-refractivity contribution in [2.45, 2.75) is 40.0 Å². The largest absolute Gasteiger partial charge is 0.484 e. The van der Waals surface area contributed by atoms with Gasteiger partial charge >= 0.3 is 0 Å². The van der Waals surface area contributed by atoms with Gasteiger partial charge in [-0.15, -0.1) is 0 Å². The number of nitrogens with zero attached hydrogens (tertiary/aromatic N) is 2. The van der Waals surface area contributed by atoms with Gasteiger partial charge in [-0.3, -0.25) is 4.68 Å². The van der Waals surface area contributed by atoms with Gasteiger partial charge in [-0.1, -0.05) is 19.1 Å². The molecule has 0 radical (unpaired) electrons. The minimum atomic E-state index is -0.463. The summed E-state index contributed by atoms with van der Waals surface area (Å²) in [4.78, 5) is 0. The molecule has 0 saturated carbocycles. The molecule has 0 aliphatic rings. The summed E-state index contributed by atoms with van der Waals surface area (Å²) < 4.78 is 21.1. The maximum atomic E-state index is 13.7. The molecular weight excluding hydrogens is 259 g/mol. The number of aliphatic hydroxyl groups is 1. The highest BCUT2D eigenvalue weighted by molar-refractivity contribution is 5.34. The van der Waals surface area contributed by atoms with Crippen molar-refractivity contribution in [3.8, 4) is 5.75 Å². The minimum Gasteiger partial charge on any atom is -0.484 e. The van der Waals surface area contributed by atoms with Crippen molar-refractivity contribution in [3.63, 3.8) is 0 Å². The molecular formula is C15H19FN2O2. The first-order valence-corrected chi connectivity index (χ1v) is 6.76. The van der Waals surface area contributed by atoms with E-state index in [0.29, 0.717) is 5.56 Å². The molecule has 0 amide bonds. The van der Waals surface area contributed by atoms with Gasteiger partial charge in [0.25, 0.3) is 0 Å². The first kappa shape index (κ1) is 14.5. The first-order valence-electron chi connectivity index (χ1n) is 6.76. The molecule has 0 saturated heterocycles. The third kappa shape index (κ3) is 2.99. The Bertz CT molecular complexity index is 581. The molecule has 5 heteroatoms. The van der Waals surface area contributed by atoms with E-state index in [1.165, 1.54) is 6.07 Å². The van der Waals surface area contributed by atoms with Crippen molar-refractivity contribution in [2.75, 3.05) is 0 Å². The Labute approximate surface area is 117 Å². The third-order valence-electron chi connectivity index (χ3n) is 3.16. The van der Waals surface area contributed by atoms with Gasteiger partial charge in [-0.05, 0) is 25.5 Å². The van der Waals surface area contributed by atoms with Gasteiger partial charge < -0.3 is 9.84 Å². The maximum Gasteiger partial charge on any atom is 0.165 e. The molecule has 0 aliphatic heterocycles. The minimum absolute atomic E-state index is 0.108. The van der Waals surface area contributed by atoms with Crippen LogP contribution in [0.25, 0.3) is 0 Å². The van der Waals surface area contributed by atoms with Crippen LogP contribution in [0.15, 0.2) is 24.3 Å². The van der Waals surface area contributed by atoms with E-state index in [1.807, 2.05) is 24.6 Å². The van der Waals surface area contributed by atoms with Crippen LogP contribution in [0.4, 0.5) is 4.39 Å². The van der Waals surface area contributed by atoms with Crippen molar-refractivity contribution < 1.29 is 14.2 Å². The number of para-hydroxylation sites is 1. The van der Waals surface area contributed by atoms with Crippen LogP contribution in [0.2, 0.25) is 0 Å². The molecule has 1 heterocycles. The van der Waals surface area contributed by atoms with Crippen LogP contribution < -0.4 is 4.74 Å². The first-order chi connectivity index (χ1) is 9.69. The highest BCUT2D eigenvalue weighted by Gasteiger charge is 2.11. The Balaban J connectivity index is 2.18. The average molecular weight is 278 g/mol. The van der Waals surface area contributed by atoms with Crippen LogP contribution in [0.5, 0.6) is 5.75 Å². The summed E-state index contributed by atoms with van der Waals surface area (Å²) >= 11 is 0. The standard InChI is InChI=1S/C15H19FN2O2/c1-3-12-8-13(18(4-2)17-12)10-20-15-11(9-19)6-5-7-14(15)16/h5-8,19H,3-4,9-10H2,1-2H3. The Morgan fingerprint density at radius 3 is 2.80 bits per heavy atom. The number of hydrogen-bond donors (Lipinski definition) is 1. The second-order valence-corrected chi connectivity index (χ2v) is 4.47. The molecule has 0 spiro atoms. The number of halogens is 1. The molecule has 0 fully saturated rings. The zero-order valence-electron chi connectivity index (χ0n) is 11.8. The zero-order chi connectivity index (χ0) is 14.5. The van der Waals surface area contributed by atoms with E-state index in [-0.39, 0.29) is 19.0 Å². The summed E-state index contributed by atoms with van der Waals surface area (Å²) in [6, 6.07) is 6.48. The van der Waals surface area contributed by atoms with Crippen molar-refractivity contribution in [2.24, 2.45) is 0 Å². The van der Waals surface area contributed by atoms with Crippen molar-refractivity contribution in [1.29, 1.82) is 0 Å². The van der Waals surface area contributed by atoms with Gasteiger partial charge in [0.05, 0.1) is 18.0 Å². The fourth-order valence-electron chi connectivity index (χ4n) is 2.06. The monoisotopic (exact) mass is 278 g/mol. The number of hydrogen-bond acceptors (Lipinski definition) is 3. The summed E-state index contributed by atoms with van der Waals surface area (Å²) in [5.41, 5.74) is 2.33. The number of aliphatic hydroxyl groups excluding tert-OH is 1. The van der Waals surface area contributed by atoms with Crippen LogP contribution in [0.3, 0.4) is 0 Å². The number of ether oxygens (including phenoxy) is 1. The number of rotatable bonds is 6. The fraction of sp³-hybridized carbons (Fsp3) is 0.400. The molecule has 20 heavy (non-hydrogen) atoms. The Morgan fingerprint density at radius 1 is 1.35 bits per heavy atom. The lowest BCUT2D eigenvalue weighted by molar-refractivity contribution is 0.246. The molecule has 108 valence electrons. The van der Waals surface area contributed by atoms with E-state index in [0.717, 1.165) is 24.4 Å². The quantitative estimate of drug-likeness (QED) is 0.883. The molecule has 0 unspecified atom stereocenters. The topological polar surface area (TPSA) is 47.3 Å². The lowest BCUT2D eigenvalue weighted by Gasteiger charge is -2.11. The van der Waals surface area contributed by atoms with Crippen molar-refractivity contribution >= 4 is 0 Å². The summed E-state index contributed by atoms with van der Waals surface area (Å²) in [5.74, 6) is -0.355. The van der Waals surface area contributed by atoms with Crippen LogP contribution in [0, 0.1) is 5.82 Å². The highest BCUT2D eigenvalue weighted by Crippen LogP contribution is 2.24. The maximum absolute atomic E-state index is 13.7. The molecule has 2 rings (SSSR count). The van der Waals surface area contributed by atoms with E-state index in [4.69, 9.17) is 4.74 Å². The average Bonchev–Trinajstić information content (AvgIpc) is 2.88. The predicted octanol–water partition coefficient (Wildman–Crippen LogP) is 2.68. The Morgan fingerprint density at radius 2 is 2.15 bits per heavy atom. The number of aryl methyl sites for hydroxylation is 2. The van der Waals surface area contributed by atoms with Crippen LogP contribution in [-0.4, -0.2) is 14.9 Å². The van der Waals surface area contributed by atoms with Gasteiger partial charge in [0.15, 0.2) is 11.6 Å². The second-order valence-electron chi connectivity index (χ2n) is 4.47. The fourth-order valence-corrected chi connectivity index (χ4v) is 2.06. The summed E-state index contributed by atoms with van der Waals surface area (Å²) in [6.45, 7) is 4.75. The lowest BCUT2D eigenvalue weighted by Crippen LogP contribution is -2.07. The molecule has 2 aromatic rings. The van der Waals surface area contributed by atoms with Crippen LogP contribution in [0.1, 0.15) is 30.8 Å². The molecule has 4 nitrogen and oxygen atoms in total. The van der Waals surface area contributed by atoms with Gasteiger partial charge in [0, 0.05) is 12.1 Å². The van der Waals surface area contributed by atoms with Gasteiger partial charge in [0.1, 0.15) is 6.61 Å². The van der Waals surface area contributed by atoms with E-state index in [2.05, 4.69) is 5.10 Å².